The second-order valence-electron chi connectivity index (χ2n) is 9.36. The largest absolute Gasteiger partial charge is 0.418 e. The van der Waals surface area contributed by atoms with E-state index in [1.807, 2.05) is 0 Å². The Hall–Kier alpha value is -2.33. The number of nitrogens with one attached hydrogen (secondary N) is 1. The number of hydrogen-bond acceptors (Lipinski definition) is 4. The van der Waals surface area contributed by atoms with Crippen molar-refractivity contribution in [1.82, 2.24) is 9.97 Å². The van der Waals surface area contributed by atoms with E-state index in [4.69, 9.17) is 11.6 Å². The highest BCUT2D eigenvalue weighted by Crippen LogP contribution is 2.44. The van der Waals surface area contributed by atoms with Crippen LogP contribution in [-0.4, -0.2) is 16.5 Å². The predicted molar refractivity (Wildman–Crippen MR) is 119 cm³/mol. The van der Waals surface area contributed by atoms with Gasteiger partial charge < -0.3 is 5.32 Å². The van der Waals surface area contributed by atoms with Crippen LogP contribution in [0.3, 0.4) is 0 Å². The number of halogens is 4. The molecule has 172 valence electrons. The van der Waals surface area contributed by atoms with Gasteiger partial charge in [-0.1, -0.05) is 44.5 Å². The van der Waals surface area contributed by atoms with Crippen LogP contribution in [0.5, 0.6) is 0 Å². The maximum absolute atomic E-state index is 13.3. The number of hydrogen-bond donors (Lipinski definition) is 1. The Morgan fingerprint density at radius 3 is 2.69 bits per heavy atom. The summed E-state index contributed by atoms with van der Waals surface area (Å²) in [5, 5.41) is 12.2. The lowest BCUT2D eigenvalue weighted by atomic mass is 9.65. The second-order valence-corrected chi connectivity index (χ2v) is 9.76. The van der Waals surface area contributed by atoms with Crippen molar-refractivity contribution in [2.75, 3.05) is 11.9 Å². The van der Waals surface area contributed by atoms with Gasteiger partial charge in [-0.05, 0) is 61.0 Å². The highest BCUT2D eigenvalue weighted by molar-refractivity contribution is 6.31. The molecule has 1 aliphatic rings. The summed E-state index contributed by atoms with van der Waals surface area (Å²) in [5.74, 6) is 1.42. The molecule has 0 spiro atoms. The molecule has 32 heavy (non-hydrogen) atoms. The van der Waals surface area contributed by atoms with Crippen LogP contribution in [0.4, 0.5) is 19.1 Å². The Kier molecular flexibility index (Phi) is 7.34. The van der Waals surface area contributed by atoms with E-state index < -0.39 is 11.7 Å². The third kappa shape index (κ3) is 5.72. The monoisotopic (exact) mass is 464 g/mol. The van der Waals surface area contributed by atoms with Crippen molar-refractivity contribution in [1.29, 1.82) is 5.26 Å². The first kappa shape index (κ1) is 24.3. The molecule has 3 rings (SSSR count). The van der Waals surface area contributed by atoms with E-state index in [-0.39, 0.29) is 29.0 Å². The summed E-state index contributed by atoms with van der Waals surface area (Å²) in [6.07, 6.45) is 1.10. The molecule has 1 aromatic heterocycles. The normalized spacial score (nSPS) is 20.6. The fraction of sp³-hybridized carbons (Fsp3) is 0.542. The van der Waals surface area contributed by atoms with Crippen molar-refractivity contribution in [3.8, 4) is 6.07 Å². The minimum absolute atomic E-state index is 0.114. The standard InChI is InChI=1S/C24H28ClF3N4/c1-15-7-8-16(12-23(15,2)3)11-20-18(13-29)14-31-22(32-20)30-10-9-17-5-4-6-19(25)21(17)24(26,27)28/h4-6,14-16H,7-12H2,1-3H3,(H,30,31,32)/t15-,16-/m0/s1. The zero-order valence-electron chi connectivity index (χ0n) is 18.6. The Morgan fingerprint density at radius 2 is 2.03 bits per heavy atom. The Morgan fingerprint density at radius 1 is 1.28 bits per heavy atom. The Bertz CT molecular complexity index is 998. The van der Waals surface area contributed by atoms with Crippen LogP contribution >= 0.6 is 11.6 Å². The highest BCUT2D eigenvalue weighted by atomic mass is 35.5. The molecule has 4 nitrogen and oxygen atoms in total. The number of rotatable bonds is 6. The van der Waals surface area contributed by atoms with Crippen LogP contribution in [0, 0.1) is 28.6 Å². The minimum atomic E-state index is -4.52. The summed E-state index contributed by atoms with van der Waals surface area (Å²) in [6, 6.07) is 6.34. The van der Waals surface area contributed by atoms with Gasteiger partial charge in [-0.25, -0.2) is 9.97 Å². The summed E-state index contributed by atoms with van der Waals surface area (Å²) in [7, 11) is 0. The van der Waals surface area contributed by atoms with Crippen molar-refractivity contribution < 1.29 is 13.2 Å². The van der Waals surface area contributed by atoms with E-state index in [9.17, 15) is 18.4 Å². The van der Waals surface area contributed by atoms with Gasteiger partial charge in [-0.2, -0.15) is 18.4 Å². The molecule has 1 heterocycles. The molecular formula is C24H28ClF3N4. The quantitative estimate of drug-likeness (QED) is 0.518. The third-order valence-electron chi connectivity index (χ3n) is 6.69. The molecule has 0 aliphatic heterocycles. The molecule has 1 aromatic carbocycles. The van der Waals surface area contributed by atoms with Gasteiger partial charge in [0.2, 0.25) is 5.95 Å². The predicted octanol–water partition coefficient (Wildman–Crippen LogP) is 6.68. The van der Waals surface area contributed by atoms with Gasteiger partial charge >= 0.3 is 6.18 Å². The summed E-state index contributed by atoms with van der Waals surface area (Å²) in [5.41, 5.74) is 0.695. The summed E-state index contributed by atoms with van der Waals surface area (Å²) < 4.78 is 40.0. The fourth-order valence-electron chi connectivity index (χ4n) is 4.53. The second kappa shape index (κ2) is 9.66. The fourth-order valence-corrected chi connectivity index (χ4v) is 4.83. The van der Waals surface area contributed by atoms with Crippen LogP contribution in [0.2, 0.25) is 5.02 Å². The van der Waals surface area contributed by atoms with E-state index in [2.05, 4.69) is 42.1 Å². The smallest absolute Gasteiger partial charge is 0.354 e. The zero-order chi connectivity index (χ0) is 23.5. The van der Waals surface area contributed by atoms with E-state index in [0.717, 1.165) is 19.3 Å². The van der Waals surface area contributed by atoms with Gasteiger partial charge in [0.25, 0.3) is 0 Å². The molecule has 1 aliphatic carbocycles. The Balaban J connectivity index is 1.69. The van der Waals surface area contributed by atoms with E-state index >= 15 is 0 Å². The topological polar surface area (TPSA) is 61.6 Å². The molecule has 0 saturated heterocycles. The van der Waals surface area contributed by atoms with Gasteiger partial charge in [0.05, 0.1) is 28.0 Å². The number of alkyl halides is 3. The van der Waals surface area contributed by atoms with Crippen molar-refractivity contribution in [3.05, 3.63) is 51.8 Å². The lowest BCUT2D eigenvalue weighted by Crippen LogP contribution is -2.31. The average molecular weight is 465 g/mol. The van der Waals surface area contributed by atoms with Crippen molar-refractivity contribution in [2.45, 2.75) is 59.1 Å². The summed E-state index contributed by atoms with van der Waals surface area (Å²) in [4.78, 5) is 8.70. The molecule has 2 aromatic rings. The molecule has 8 heteroatoms. The minimum Gasteiger partial charge on any atom is -0.354 e. The maximum Gasteiger partial charge on any atom is 0.418 e. The molecule has 2 atom stereocenters. The average Bonchev–Trinajstić information content (AvgIpc) is 2.70. The van der Waals surface area contributed by atoms with Crippen LogP contribution in [0.25, 0.3) is 0 Å². The van der Waals surface area contributed by atoms with Crippen molar-refractivity contribution in [3.63, 3.8) is 0 Å². The molecule has 0 amide bonds. The lowest BCUT2D eigenvalue weighted by Gasteiger charge is -2.40. The number of nitrogens with zero attached hydrogens (tertiary/aromatic N) is 3. The molecule has 1 N–H and O–H groups in total. The van der Waals surface area contributed by atoms with Crippen LogP contribution < -0.4 is 5.32 Å². The van der Waals surface area contributed by atoms with Gasteiger partial charge in [-0.15, -0.1) is 0 Å². The van der Waals surface area contributed by atoms with Crippen molar-refractivity contribution >= 4 is 17.5 Å². The maximum atomic E-state index is 13.3. The Labute approximate surface area is 192 Å². The zero-order valence-corrected chi connectivity index (χ0v) is 19.3. The summed E-state index contributed by atoms with van der Waals surface area (Å²) >= 11 is 5.79. The van der Waals surface area contributed by atoms with Gasteiger partial charge in [0, 0.05) is 6.54 Å². The van der Waals surface area contributed by atoms with Crippen molar-refractivity contribution in [2.24, 2.45) is 17.3 Å². The first-order chi connectivity index (χ1) is 15.0. The molecule has 1 saturated carbocycles. The SMILES string of the molecule is C[C@H]1CC[C@@H](Cc2nc(NCCc3cccc(Cl)c3C(F)(F)F)ncc2C#N)CC1(C)C. The lowest BCUT2D eigenvalue weighted by molar-refractivity contribution is -0.138. The molecule has 0 bridgehead atoms. The summed E-state index contributed by atoms with van der Waals surface area (Å²) in [6.45, 7) is 7.07. The number of benzene rings is 1. The van der Waals surface area contributed by atoms with E-state index in [0.29, 0.717) is 35.5 Å². The molecule has 0 unspecified atom stereocenters. The van der Waals surface area contributed by atoms with Gasteiger partial charge in [-0.3, -0.25) is 0 Å². The molecule has 0 radical (unpaired) electrons. The van der Waals surface area contributed by atoms with E-state index in [1.54, 1.807) is 0 Å². The third-order valence-corrected chi connectivity index (χ3v) is 7.00. The van der Waals surface area contributed by atoms with Crippen LogP contribution in [0.15, 0.2) is 24.4 Å². The number of anilines is 1. The van der Waals surface area contributed by atoms with Gasteiger partial charge in [0.1, 0.15) is 6.07 Å². The first-order valence-electron chi connectivity index (χ1n) is 10.9. The van der Waals surface area contributed by atoms with Crippen LogP contribution in [0.1, 0.15) is 62.4 Å². The molecule has 1 fully saturated rings. The van der Waals surface area contributed by atoms with Crippen LogP contribution in [-0.2, 0) is 19.0 Å². The van der Waals surface area contributed by atoms with E-state index in [1.165, 1.54) is 24.4 Å². The van der Waals surface area contributed by atoms with Gasteiger partial charge in [0.15, 0.2) is 0 Å². The number of nitriles is 1. The highest BCUT2D eigenvalue weighted by Gasteiger charge is 2.36. The first-order valence-corrected chi connectivity index (χ1v) is 11.2. The molecular weight excluding hydrogens is 437 g/mol. The number of aromatic nitrogens is 2.